The molecule has 0 aliphatic rings. The number of para-hydroxylation sites is 2. The van der Waals surface area contributed by atoms with Crippen molar-refractivity contribution in [3.05, 3.63) is 46.2 Å². The second-order valence-corrected chi connectivity index (χ2v) is 5.44. The van der Waals surface area contributed by atoms with Crippen molar-refractivity contribution in [1.82, 2.24) is 9.97 Å². The molecule has 9 heteroatoms. The summed E-state index contributed by atoms with van der Waals surface area (Å²) in [4.78, 5) is 19.0. The number of nitrogen functional groups attached to an aromatic ring is 1. The Morgan fingerprint density at radius 2 is 2.17 bits per heavy atom. The molecule has 23 heavy (non-hydrogen) atoms. The molecule has 2 heterocycles. The molecule has 0 atom stereocenters. The molecule has 0 saturated heterocycles. The van der Waals surface area contributed by atoms with Crippen molar-refractivity contribution in [1.29, 1.82) is 0 Å². The minimum atomic E-state index is -0.433. The summed E-state index contributed by atoms with van der Waals surface area (Å²) in [5, 5.41) is 15.2. The van der Waals surface area contributed by atoms with Gasteiger partial charge in [0.15, 0.2) is 5.16 Å². The molecule has 0 amide bonds. The molecule has 3 rings (SSSR count). The third-order valence-electron chi connectivity index (χ3n) is 3.27. The SMILES string of the molecule is CSc1nc(N)c2c(CNc3ccccc3[N+](=O)[O-])coc2n1. The fourth-order valence-corrected chi connectivity index (χ4v) is 2.57. The van der Waals surface area contributed by atoms with Gasteiger partial charge in [-0.3, -0.25) is 10.1 Å². The van der Waals surface area contributed by atoms with Gasteiger partial charge in [0.2, 0.25) is 5.71 Å². The van der Waals surface area contributed by atoms with Crippen LogP contribution in [0.5, 0.6) is 0 Å². The van der Waals surface area contributed by atoms with Crippen molar-refractivity contribution < 1.29 is 9.34 Å². The van der Waals surface area contributed by atoms with E-state index in [0.717, 1.165) is 5.56 Å². The lowest BCUT2D eigenvalue weighted by atomic mass is 10.2. The zero-order valence-corrected chi connectivity index (χ0v) is 13.0. The molecule has 0 bridgehead atoms. The van der Waals surface area contributed by atoms with Crippen molar-refractivity contribution >= 4 is 40.1 Å². The summed E-state index contributed by atoms with van der Waals surface area (Å²) in [5.74, 6) is 0.326. The average Bonchev–Trinajstić information content (AvgIpc) is 2.96. The number of nitro groups is 1. The van der Waals surface area contributed by atoms with Crippen molar-refractivity contribution in [3.8, 4) is 0 Å². The standard InChI is InChI=1S/C14H13N5O3S/c1-23-14-17-12(15)11-8(7-22-13(11)18-14)6-16-9-4-2-3-5-10(9)19(20)21/h2-5,7,16H,6H2,1H3,(H2,15,17,18). The van der Waals surface area contributed by atoms with Gasteiger partial charge in [-0.05, 0) is 12.3 Å². The molecule has 0 unspecified atom stereocenters. The minimum Gasteiger partial charge on any atom is -0.446 e. The number of aromatic nitrogens is 2. The molecule has 3 N–H and O–H groups in total. The van der Waals surface area contributed by atoms with E-state index >= 15 is 0 Å². The predicted octanol–water partition coefficient (Wildman–Crippen LogP) is 3.05. The maximum absolute atomic E-state index is 11.0. The van der Waals surface area contributed by atoms with Gasteiger partial charge in [0.25, 0.3) is 5.69 Å². The molecule has 118 valence electrons. The van der Waals surface area contributed by atoms with Crippen molar-refractivity contribution in [2.45, 2.75) is 11.7 Å². The molecule has 0 fully saturated rings. The number of nitrogens with one attached hydrogen (secondary N) is 1. The van der Waals surface area contributed by atoms with E-state index < -0.39 is 4.92 Å². The van der Waals surface area contributed by atoms with Crippen LogP contribution in [0, 0.1) is 10.1 Å². The monoisotopic (exact) mass is 331 g/mol. The predicted molar refractivity (Wildman–Crippen MR) is 88.4 cm³/mol. The Bertz CT molecular complexity index is 880. The van der Waals surface area contributed by atoms with Gasteiger partial charge in [-0.1, -0.05) is 23.9 Å². The number of rotatable bonds is 5. The van der Waals surface area contributed by atoms with Crippen LogP contribution in [0.2, 0.25) is 0 Å². The van der Waals surface area contributed by atoms with Crippen LogP contribution in [0.3, 0.4) is 0 Å². The highest BCUT2D eigenvalue weighted by atomic mass is 32.2. The smallest absolute Gasteiger partial charge is 0.292 e. The van der Waals surface area contributed by atoms with Crippen LogP contribution in [-0.4, -0.2) is 21.1 Å². The maximum atomic E-state index is 11.0. The molecule has 0 spiro atoms. The Morgan fingerprint density at radius 1 is 1.39 bits per heavy atom. The molecule has 0 aliphatic carbocycles. The van der Waals surface area contributed by atoms with E-state index in [-0.39, 0.29) is 5.69 Å². The number of anilines is 2. The van der Waals surface area contributed by atoms with E-state index in [0.29, 0.717) is 34.3 Å². The van der Waals surface area contributed by atoms with E-state index in [1.165, 1.54) is 24.1 Å². The summed E-state index contributed by atoms with van der Waals surface area (Å²) in [7, 11) is 0. The number of hydrogen-bond acceptors (Lipinski definition) is 8. The van der Waals surface area contributed by atoms with Gasteiger partial charge in [0, 0.05) is 18.2 Å². The van der Waals surface area contributed by atoms with Crippen LogP contribution in [0.15, 0.2) is 40.1 Å². The second-order valence-electron chi connectivity index (χ2n) is 4.66. The lowest BCUT2D eigenvalue weighted by molar-refractivity contribution is -0.384. The zero-order valence-electron chi connectivity index (χ0n) is 12.1. The molecule has 1 aromatic carbocycles. The van der Waals surface area contributed by atoms with E-state index in [9.17, 15) is 10.1 Å². The number of fused-ring (bicyclic) bond motifs is 1. The van der Waals surface area contributed by atoms with Gasteiger partial charge >= 0.3 is 0 Å². The zero-order chi connectivity index (χ0) is 16.4. The Balaban J connectivity index is 1.90. The first-order valence-corrected chi connectivity index (χ1v) is 7.87. The lowest BCUT2D eigenvalue weighted by Gasteiger charge is -2.06. The molecule has 0 saturated carbocycles. The lowest BCUT2D eigenvalue weighted by Crippen LogP contribution is -2.03. The van der Waals surface area contributed by atoms with E-state index in [2.05, 4.69) is 15.3 Å². The van der Waals surface area contributed by atoms with Gasteiger partial charge in [0.1, 0.15) is 11.5 Å². The number of thioether (sulfide) groups is 1. The number of nitro benzene ring substituents is 1. The van der Waals surface area contributed by atoms with Gasteiger partial charge < -0.3 is 15.5 Å². The molecule has 2 aromatic heterocycles. The Kier molecular flexibility index (Phi) is 4.02. The van der Waals surface area contributed by atoms with Crippen LogP contribution in [0.1, 0.15) is 5.56 Å². The van der Waals surface area contributed by atoms with Crippen molar-refractivity contribution in [3.63, 3.8) is 0 Å². The Labute approximate surface area is 135 Å². The first-order chi connectivity index (χ1) is 11.1. The quantitative estimate of drug-likeness (QED) is 0.317. The molecule has 8 nitrogen and oxygen atoms in total. The molecule has 3 aromatic rings. The molecule has 0 aliphatic heterocycles. The minimum absolute atomic E-state index is 0.00851. The van der Waals surface area contributed by atoms with Crippen molar-refractivity contribution in [2.24, 2.45) is 0 Å². The first-order valence-electron chi connectivity index (χ1n) is 6.65. The second kappa shape index (κ2) is 6.13. The summed E-state index contributed by atoms with van der Waals surface area (Å²) in [6.07, 6.45) is 3.38. The molecular formula is C14H13N5O3S. The van der Waals surface area contributed by atoms with Crippen LogP contribution in [0.25, 0.3) is 11.1 Å². The summed E-state index contributed by atoms with van der Waals surface area (Å²) >= 11 is 1.37. The summed E-state index contributed by atoms with van der Waals surface area (Å²) in [5.41, 5.74) is 7.54. The number of benzene rings is 1. The normalized spacial score (nSPS) is 10.8. The summed E-state index contributed by atoms with van der Waals surface area (Å²) in [6.45, 7) is 0.310. The number of hydrogen-bond donors (Lipinski definition) is 2. The summed E-state index contributed by atoms with van der Waals surface area (Å²) < 4.78 is 5.42. The van der Waals surface area contributed by atoms with Crippen LogP contribution in [-0.2, 0) is 6.54 Å². The highest BCUT2D eigenvalue weighted by Crippen LogP contribution is 2.29. The fraction of sp³-hybridized carbons (Fsp3) is 0.143. The van der Waals surface area contributed by atoms with Gasteiger partial charge in [-0.2, -0.15) is 4.98 Å². The Hall–Kier alpha value is -2.81. The van der Waals surface area contributed by atoms with Crippen LogP contribution >= 0.6 is 11.8 Å². The van der Waals surface area contributed by atoms with Crippen LogP contribution < -0.4 is 11.1 Å². The number of nitrogens with two attached hydrogens (primary N) is 1. The van der Waals surface area contributed by atoms with E-state index in [4.69, 9.17) is 10.2 Å². The maximum Gasteiger partial charge on any atom is 0.292 e. The third-order valence-corrected chi connectivity index (χ3v) is 3.82. The van der Waals surface area contributed by atoms with Gasteiger partial charge in [-0.25, -0.2) is 4.98 Å². The molecule has 0 radical (unpaired) electrons. The topological polar surface area (TPSA) is 120 Å². The van der Waals surface area contributed by atoms with E-state index in [1.807, 2.05) is 6.26 Å². The van der Waals surface area contributed by atoms with Crippen LogP contribution in [0.4, 0.5) is 17.2 Å². The average molecular weight is 331 g/mol. The fourth-order valence-electron chi connectivity index (χ4n) is 2.20. The van der Waals surface area contributed by atoms with Crippen molar-refractivity contribution in [2.75, 3.05) is 17.3 Å². The largest absolute Gasteiger partial charge is 0.446 e. The number of nitrogens with zero attached hydrogens (tertiary/aromatic N) is 3. The Morgan fingerprint density at radius 3 is 2.91 bits per heavy atom. The first kappa shape index (κ1) is 15.1. The highest BCUT2D eigenvalue weighted by molar-refractivity contribution is 7.98. The number of furan rings is 1. The molecular weight excluding hydrogens is 318 g/mol. The van der Waals surface area contributed by atoms with Gasteiger partial charge in [-0.15, -0.1) is 0 Å². The van der Waals surface area contributed by atoms with E-state index in [1.54, 1.807) is 18.2 Å². The third kappa shape index (κ3) is 2.90. The highest BCUT2D eigenvalue weighted by Gasteiger charge is 2.16. The summed E-state index contributed by atoms with van der Waals surface area (Å²) in [6, 6.07) is 6.43. The van der Waals surface area contributed by atoms with Gasteiger partial charge in [0.05, 0.1) is 16.6 Å².